The van der Waals surface area contributed by atoms with Crippen molar-refractivity contribution < 1.29 is 13.2 Å². The van der Waals surface area contributed by atoms with Crippen LogP contribution in [0.25, 0.3) is 0 Å². The number of nitrogens with two attached hydrogens (primary N) is 1. The van der Waals surface area contributed by atoms with Gasteiger partial charge in [-0.15, -0.1) is 0 Å². The lowest BCUT2D eigenvalue weighted by molar-refractivity contribution is 0.339. The lowest BCUT2D eigenvalue weighted by Crippen LogP contribution is -2.10. The van der Waals surface area contributed by atoms with Gasteiger partial charge in [0.1, 0.15) is 17.8 Å². The van der Waals surface area contributed by atoms with Gasteiger partial charge in [0.25, 0.3) is 0 Å². The van der Waals surface area contributed by atoms with Crippen LogP contribution >= 0.6 is 0 Å². The predicted octanol–water partition coefficient (Wildman–Crippen LogP) is 2.24. The number of aryl methyl sites for hydroxylation is 1. The Hall–Kier alpha value is -1.03. The first-order chi connectivity index (χ1) is 6.06. The normalized spacial score (nSPS) is 13.0. The minimum atomic E-state index is -1.64. The lowest BCUT2D eigenvalue weighted by atomic mass is 10.1. The molecule has 1 atom stereocenters. The molecule has 72 valence electrons. The second-order valence-corrected chi connectivity index (χ2v) is 2.83. The third-order valence-corrected chi connectivity index (χ3v) is 1.82. The molecule has 0 bridgehead atoms. The number of hydrogen-bond donors (Lipinski definition) is 1. The van der Waals surface area contributed by atoms with E-state index >= 15 is 0 Å². The van der Waals surface area contributed by atoms with Crippen LogP contribution in [0, 0.1) is 18.6 Å². The molecule has 2 N–H and O–H groups in total. The Kier molecular flexibility index (Phi) is 2.93. The van der Waals surface area contributed by atoms with Crippen molar-refractivity contribution in [2.45, 2.75) is 13.1 Å². The monoisotopic (exact) mass is 189 g/mol. The van der Waals surface area contributed by atoms with Gasteiger partial charge in [-0.1, -0.05) is 0 Å². The molecule has 1 nitrogen and oxygen atoms in total. The first kappa shape index (κ1) is 10.1. The maximum absolute atomic E-state index is 13.0. The van der Waals surface area contributed by atoms with Crippen LogP contribution in [0.2, 0.25) is 0 Å². The molecule has 1 aromatic carbocycles. The van der Waals surface area contributed by atoms with Gasteiger partial charge in [0.15, 0.2) is 0 Å². The molecule has 0 aliphatic carbocycles. The lowest BCUT2D eigenvalue weighted by Gasteiger charge is -2.08. The second kappa shape index (κ2) is 3.79. The zero-order chi connectivity index (χ0) is 10.0. The molecule has 0 aliphatic rings. The number of rotatable bonds is 2. The van der Waals surface area contributed by atoms with Crippen LogP contribution in [0.15, 0.2) is 12.1 Å². The van der Waals surface area contributed by atoms with Crippen molar-refractivity contribution in [1.82, 2.24) is 0 Å². The molecule has 13 heavy (non-hydrogen) atoms. The molecule has 0 heterocycles. The summed E-state index contributed by atoms with van der Waals surface area (Å²) >= 11 is 0. The van der Waals surface area contributed by atoms with Crippen molar-refractivity contribution in [1.29, 1.82) is 0 Å². The molecule has 1 rings (SSSR count). The van der Waals surface area contributed by atoms with E-state index in [4.69, 9.17) is 5.73 Å². The quantitative estimate of drug-likeness (QED) is 0.758. The van der Waals surface area contributed by atoms with E-state index in [1.165, 1.54) is 6.92 Å². The molecular formula is C9H10F3N. The van der Waals surface area contributed by atoms with E-state index in [1.807, 2.05) is 0 Å². The maximum atomic E-state index is 13.0. The van der Waals surface area contributed by atoms with Gasteiger partial charge < -0.3 is 5.73 Å². The van der Waals surface area contributed by atoms with Crippen molar-refractivity contribution >= 4 is 0 Å². The van der Waals surface area contributed by atoms with E-state index in [-0.39, 0.29) is 17.7 Å². The first-order valence-electron chi connectivity index (χ1n) is 3.86. The van der Waals surface area contributed by atoms with Gasteiger partial charge in [0.2, 0.25) is 0 Å². The summed E-state index contributed by atoms with van der Waals surface area (Å²) in [4.78, 5) is 0. The SMILES string of the molecule is Cc1cc(F)c(C(F)CN)cc1F. The van der Waals surface area contributed by atoms with Gasteiger partial charge in [0, 0.05) is 12.1 Å². The zero-order valence-electron chi connectivity index (χ0n) is 7.15. The zero-order valence-corrected chi connectivity index (χ0v) is 7.15. The molecule has 0 amide bonds. The largest absolute Gasteiger partial charge is 0.327 e. The van der Waals surface area contributed by atoms with Crippen molar-refractivity contribution in [3.05, 3.63) is 34.9 Å². The van der Waals surface area contributed by atoms with Gasteiger partial charge in [-0.3, -0.25) is 0 Å². The fourth-order valence-corrected chi connectivity index (χ4v) is 1.03. The van der Waals surface area contributed by atoms with E-state index in [0.717, 1.165) is 12.1 Å². The highest BCUT2D eigenvalue weighted by Gasteiger charge is 2.15. The predicted molar refractivity (Wildman–Crippen MR) is 44.0 cm³/mol. The van der Waals surface area contributed by atoms with Crippen LogP contribution in [-0.4, -0.2) is 6.54 Å². The van der Waals surface area contributed by atoms with Gasteiger partial charge >= 0.3 is 0 Å². The summed E-state index contributed by atoms with van der Waals surface area (Å²) in [5.41, 5.74) is 4.84. The Morgan fingerprint density at radius 1 is 1.31 bits per heavy atom. The number of hydrogen-bond acceptors (Lipinski definition) is 1. The second-order valence-electron chi connectivity index (χ2n) is 2.83. The highest BCUT2D eigenvalue weighted by Crippen LogP contribution is 2.22. The Morgan fingerprint density at radius 3 is 2.46 bits per heavy atom. The Morgan fingerprint density at radius 2 is 1.92 bits per heavy atom. The highest BCUT2D eigenvalue weighted by molar-refractivity contribution is 5.27. The smallest absolute Gasteiger partial charge is 0.140 e. The van der Waals surface area contributed by atoms with Crippen LogP contribution in [0.5, 0.6) is 0 Å². The Bertz CT molecular complexity index is 312. The number of alkyl halides is 1. The molecule has 0 aromatic heterocycles. The van der Waals surface area contributed by atoms with Gasteiger partial charge in [0.05, 0.1) is 0 Å². The minimum absolute atomic E-state index is 0.158. The summed E-state index contributed by atoms with van der Waals surface area (Å²) in [5.74, 6) is -1.37. The summed E-state index contributed by atoms with van der Waals surface area (Å²) in [6, 6.07) is 1.81. The average molecular weight is 189 g/mol. The molecule has 1 unspecified atom stereocenters. The molecule has 0 saturated heterocycles. The number of benzene rings is 1. The van der Waals surface area contributed by atoms with Crippen molar-refractivity contribution in [2.75, 3.05) is 6.54 Å². The van der Waals surface area contributed by atoms with Crippen LogP contribution in [0.1, 0.15) is 17.3 Å². The highest BCUT2D eigenvalue weighted by atomic mass is 19.1. The summed E-state index contributed by atoms with van der Waals surface area (Å²) < 4.78 is 38.8. The maximum Gasteiger partial charge on any atom is 0.140 e. The van der Waals surface area contributed by atoms with E-state index in [2.05, 4.69) is 0 Å². The van der Waals surface area contributed by atoms with E-state index in [0.29, 0.717) is 0 Å². The summed E-state index contributed by atoms with van der Waals surface area (Å²) in [7, 11) is 0. The molecule has 0 spiro atoms. The number of halogens is 3. The first-order valence-corrected chi connectivity index (χ1v) is 3.86. The summed E-state index contributed by atoms with van der Waals surface area (Å²) in [6.45, 7) is 1.07. The topological polar surface area (TPSA) is 26.0 Å². The van der Waals surface area contributed by atoms with Crippen LogP contribution < -0.4 is 5.73 Å². The minimum Gasteiger partial charge on any atom is -0.327 e. The molecule has 0 aliphatic heterocycles. The Labute approximate surface area is 74.4 Å². The average Bonchev–Trinajstić information content (AvgIpc) is 2.10. The third kappa shape index (κ3) is 2.01. The summed E-state index contributed by atoms with van der Waals surface area (Å²) in [6.07, 6.45) is -1.64. The van der Waals surface area contributed by atoms with Crippen LogP contribution in [-0.2, 0) is 0 Å². The van der Waals surface area contributed by atoms with Crippen LogP contribution in [0.4, 0.5) is 13.2 Å². The molecule has 1 aromatic rings. The molecule has 0 radical (unpaired) electrons. The third-order valence-electron chi connectivity index (χ3n) is 1.82. The Balaban J connectivity index is 3.15. The van der Waals surface area contributed by atoms with Gasteiger partial charge in [-0.25, -0.2) is 13.2 Å². The molecular weight excluding hydrogens is 179 g/mol. The van der Waals surface area contributed by atoms with Crippen molar-refractivity contribution in [3.8, 4) is 0 Å². The van der Waals surface area contributed by atoms with Gasteiger partial charge in [-0.05, 0) is 24.6 Å². The fraction of sp³-hybridized carbons (Fsp3) is 0.333. The van der Waals surface area contributed by atoms with E-state index in [9.17, 15) is 13.2 Å². The van der Waals surface area contributed by atoms with Crippen molar-refractivity contribution in [3.63, 3.8) is 0 Å². The van der Waals surface area contributed by atoms with Crippen LogP contribution in [0.3, 0.4) is 0 Å². The molecule has 0 saturated carbocycles. The van der Waals surface area contributed by atoms with Gasteiger partial charge in [-0.2, -0.15) is 0 Å². The molecule has 0 fully saturated rings. The van der Waals surface area contributed by atoms with Crippen molar-refractivity contribution in [2.24, 2.45) is 5.73 Å². The summed E-state index contributed by atoms with van der Waals surface area (Å²) in [5, 5.41) is 0. The molecule has 4 heteroatoms. The van der Waals surface area contributed by atoms with E-state index in [1.54, 1.807) is 0 Å². The standard InChI is InChI=1S/C9H10F3N/c1-5-2-8(11)6(3-7(5)10)9(12)4-13/h2-3,9H,4,13H2,1H3. The van der Waals surface area contributed by atoms with E-state index < -0.39 is 17.8 Å². The fourth-order valence-electron chi connectivity index (χ4n) is 1.03.